The molecule has 4 nitrogen and oxygen atoms in total. The number of hydrogen-bond donors (Lipinski definition) is 0. The van der Waals surface area contributed by atoms with Crippen LogP contribution >= 0.6 is 0 Å². The number of fused-ring (bicyclic) bond motifs is 2. The van der Waals surface area contributed by atoms with Gasteiger partial charge in [-0.1, -0.05) is 60.7 Å². The second-order valence-corrected chi connectivity index (χ2v) is 13.0. The maximum Gasteiger partial charge on any atom is 0.416 e. The third-order valence-corrected chi connectivity index (χ3v) is 8.76. The lowest BCUT2D eigenvalue weighted by Gasteiger charge is -2.26. The van der Waals surface area contributed by atoms with Gasteiger partial charge in [0.05, 0.1) is 28.1 Å². The van der Waals surface area contributed by atoms with Crippen molar-refractivity contribution in [3.05, 3.63) is 136 Å². The molecule has 0 N–H and O–H groups in total. The lowest BCUT2D eigenvalue weighted by Crippen LogP contribution is -2.31. The van der Waals surface area contributed by atoms with Crippen LogP contribution in [0.2, 0.25) is 0 Å². The minimum Gasteiger partial charge on any atom is -0.299 e. The van der Waals surface area contributed by atoms with Gasteiger partial charge in [0.25, 0.3) is 0 Å². The zero-order chi connectivity index (χ0) is 36.6. The molecule has 1 aliphatic rings. The highest BCUT2D eigenvalue weighted by Gasteiger charge is 2.32. The second-order valence-electron chi connectivity index (χ2n) is 13.0. The van der Waals surface area contributed by atoms with Gasteiger partial charge in [0.2, 0.25) is 0 Å². The molecule has 0 spiro atoms. The van der Waals surface area contributed by atoms with Gasteiger partial charge in [-0.2, -0.15) is 39.5 Å². The number of halogens is 9. The molecule has 0 unspecified atom stereocenters. The molecule has 1 aliphatic heterocycles. The Morgan fingerprint density at radius 3 is 1.18 bits per heavy atom. The van der Waals surface area contributed by atoms with E-state index in [-0.39, 0.29) is 19.6 Å². The van der Waals surface area contributed by atoms with Crippen LogP contribution in [0.1, 0.15) is 64.0 Å². The number of aromatic nitrogens is 1. The molecule has 0 saturated heterocycles. The van der Waals surface area contributed by atoms with E-state index in [1.807, 2.05) is 28.0 Å². The van der Waals surface area contributed by atoms with Crippen LogP contribution in [0.3, 0.4) is 0 Å². The van der Waals surface area contributed by atoms with E-state index in [1.54, 1.807) is 18.2 Å². The molecule has 4 aromatic rings. The molecule has 0 fully saturated rings. The van der Waals surface area contributed by atoms with Crippen molar-refractivity contribution in [1.82, 2.24) is 19.7 Å². The van der Waals surface area contributed by atoms with E-state index in [0.29, 0.717) is 86.6 Å². The molecule has 2 heterocycles. The van der Waals surface area contributed by atoms with Crippen LogP contribution in [-0.4, -0.2) is 45.9 Å². The fourth-order valence-electron chi connectivity index (χ4n) is 6.36. The summed E-state index contributed by atoms with van der Waals surface area (Å²) in [4.78, 5) is 10.9. The first kappa shape index (κ1) is 38.3. The minimum atomic E-state index is -4.49. The van der Waals surface area contributed by atoms with E-state index in [2.05, 4.69) is 4.90 Å². The zero-order valence-corrected chi connectivity index (χ0v) is 27.8. The van der Waals surface area contributed by atoms with Crippen molar-refractivity contribution >= 4 is 0 Å². The summed E-state index contributed by atoms with van der Waals surface area (Å²) in [6.45, 7) is 3.52. The summed E-state index contributed by atoms with van der Waals surface area (Å²) < 4.78 is 121. The Morgan fingerprint density at radius 2 is 0.765 bits per heavy atom. The van der Waals surface area contributed by atoms with Crippen molar-refractivity contribution in [2.75, 3.05) is 26.2 Å². The van der Waals surface area contributed by atoms with Gasteiger partial charge in [-0.3, -0.25) is 19.7 Å². The van der Waals surface area contributed by atoms with Crippen LogP contribution in [0.4, 0.5) is 39.5 Å². The Morgan fingerprint density at radius 1 is 0.431 bits per heavy atom. The van der Waals surface area contributed by atoms with E-state index in [1.165, 1.54) is 18.2 Å². The normalized spacial score (nSPS) is 16.8. The lowest BCUT2D eigenvalue weighted by atomic mass is 10.1. The molecule has 3 aromatic carbocycles. The van der Waals surface area contributed by atoms with Crippen molar-refractivity contribution in [2.24, 2.45) is 0 Å². The highest BCUT2D eigenvalue weighted by Crippen LogP contribution is 2.32. The number of alkyl halides is 9. The molecule has 5 rings (SSSR count). The van der Waals surface area contributed by atoms with Crippen LogP contribution < -0.4 is 0 Å². The Kier molecular flexibility index (Phi) is 12.5. The van der Waals surface area contributed by atoms with Gasteiger partial charge in [0, 0.05) is 39.3 Å². The largest absolute Gasteiger partial charge is 0.416 e. The summed E-state index contributed by atoms with van der Waals surface area (Å²) in [6.07, 6.45) is -11.5. The van der Waals surface area contributed by atoms with Crippen molar-refractivity contribution in [2.45, 2.75) is 70.5 Å². The minimum absolute atomic E-state index is 0.213. The molecule has 51 heavy (non-hydrogen) atoms. The molecule has 0 atom stereocenters. The summed E-state index contributed by atoms with van der Waals surface area (Å²) in [5.74, 6) is 0. The third kappa shape index (κ3) is 11.8. The maximum absolute atomic E-state index is 13.5. The van der Waals surface area contributed by atoms with Crippen LogP contribution in [0.15, 0.2) is 91.0 Å². The molecular formula is C38H39F9N4. The second kappa shape index (κ2) is 16.6. The van der Waals surface area contributed by atoms with Crippen LogP contribution in [0.5, 0.6) is 0 Å². The van der Waals surface area contributed by atoms with Crippen molar-refractivity contribution < 1.29 is 39.5 Å². The number of nitrogens with zero attached hydrogens (tertiary/aromatic N) is 4. The van der Waals surface area contributed by atoms with Gasteiger partial charge in [-0.05, 0) is 85.9 Å². The van der Waals surface area contributed by atoms with Crippen LogP contribution in [0, 0.1) is 0 Å². The predicted molar refractivity (Wildman–Crippen MR) is 176 cm³/mol. The Balaban J connectivity index is 1.41. The summed E-state index contributed by atoms with van der Waals surface area (Å²) in [7, 11) is 0. The maximum atomic E-state index is 13.5. The van der Waals surface area contributed by atoms with Gasteiger partial charge in [0.1, 0.15) is 0 Å². The molecule has 0 saturated carbocycles. The van der Waals surface area contributed by atoms with Gasteiger partial charge < -0.3 is 0 Å². The van der Waals surface area contributed by atoms with Crippen molar-refractivity contribution in [1.29, 1.82) is 0 Å². The quantitative estimate of drug-likeness (QED) is 0.185. The summed E-state index contributed by atoms with van der Waals surface area (Å²) in [5, 5.41) is 0. The molecule has 1 aromatic heterocycles. The fourth-order valence-corrected chi connectivity index (χ4v) is 6.36. The average Bonchev–Trinajstić information content (AvgIpc) is 3.06. The summed E-state index contributed by atoms with van der Waals surface area (Å²) in [6, 6.07) is 21.1. The highest BCUT2D eigenvalue weighted by atomic mass is 19.4. The first-order valence-corrected chi connectivity index (χ1v) is 16.7. The topological polar surface area (TPSA) is 22.6 Å². The Labute approximate surface area is 291 Å². The van der Waals surface area contributed by atoms with Crippen molar-refractivity contribution in [3.8, 4) is 0 Å². The van der Waals surface area contributed by atoms with E-state index in [0.717, 1.165) is 36.4 Å². The third-order valence-electron chi connectivity index (χ3n) is 8.76. The zero-order valence-electron chi connectivity index (χ0n) is 27.8. The number of hydrogen-bond acceptors (Lipinski definition) is 4. The van der Waals surface area contributed by atoms with Gasteiger partial charge >= 0.3 is 18.5 Å². The van der Waals surface area contributed by atoms with E-state index in [4.69, 9.17) is 4.98 Å². The van der Waals surface area contributed by atoms with Crippen molar-refractivity contribution in [3.63, 3.8) is 0 Å². The summed E-state index contributed by atoms with van der Waals surface area (Å²) in [5.41, 5.74) is 0.675. The summed E-state index contributed by atoms with van der Waals surface area (Å²) >= 11 is 0. The predicted octanol–water partition coefficient (Wildman–Crippen LogP) is 9.83. The molecule has 2 bridgehead atoms. The number of benzene rings is 3. The molecule has 0 radical (unpaired) electrons. The molecule has 274 valence electrons. The van der Waals surface area contributed by atoms with Crippen LogP contribution in [-0.2, 0) is 51.3 Å². The molecule has 0 aliphatic carbocycles. The highest BCUT2D eigenvalue weighted by molar-refractivity contribution is 5.28. The number of rotatable bonds is 6. The molecule has 0 amide bonds. The number of pyridine rings is 1. The van der Waals surface area contributed by atoms with Gasteiger partial charge in [-0.15, -0.1) is 0 Å². The van der Waals surface area contributed by atoms with E-state index in [9.17, 15) is 39.5 Å². The van der Waals surface area contributed by atoms with Gasteiger partial charge in [-0.25, -0.2) is 0 Å². The Bertz CT molecular complexity index is 1720. The smallest absolute Gasteiger partial charge is 0.299 e. The fraction of sp³-hybridized carbons (Fsp3) is 0.395. The SMILES string of the molecule is FC(F)(F)c1cccc(CN2CCCCN(Cc3cccc(C(F)(F)F)c3)Cc3cccc(n3)CN(Cc3cccc(C(F)(F)F)c3)CCC2)c1. The lowest BCUT2D eigenvalue weighted by molar-refractivity contribution is -0.138. The standard InChI is InChI=1S/C38H39F9N4/c39-36(40,41)31-11-3-8-28(20-31)23-49-16-1-2-17-50(24-29-9-4-12-32(21-29)37(42,43)44)26-34-14-6-15-35(48-34)27-51(19-7-18-49)25-30-10-5-13-33(22-30)38(45,46)47/h3-6,8-15,20-22H,1-2,7,16-19,23-27H2. The van der Waals surface area contributed by atoms with Crippen LogP contribution in [0.25, 0.3) is 0 Å². The van der Waals surface area contributed by atoms with E-state index >= 15 is 0 Å². The van der Waals surface area contributed by atoms with Gasteiger partial charge in [0.15, 0.2) is 0 Å². The monoisotopic (exact) mass is 722 g/mol. The van der Waals surface area contributed by atoms with E-state index < -0.39 is 35.2 Å². The Hall–Kier alpha value is -3.94. The molecule has 13 heteroatoms. The first-order valence-electron chi connectivity index (χ1n) is 16.7. The first-order chi connectivity index (χ1) is 24.1. The average molecular weight is 723 g/mol. The molecular weight excluding hydrogens is 683 g/mol.